The number of thiazole rings is 1. The minimum absolute atomic E-state index is 0.257. The van der Waals surface area contributed by atoms with Gasteiger partial charge in [0.15, 0.2) is 9.90 Å². The predicted octanol–water partition coefficient (Wildman–Crippen LogP) is 2.72. The van der Waals surface area contributed by atoms with Crippen molar-refractivity contribution in [3.8, 4) is 0 Å². The van der Waals surface area contributed by atoms with Crippen LogP contribution in [0.5, 0.6) is 0 Å². The Balaban J connectivity index is 2.31. The van der Waals surface area contributed by atoms with E-state index >= 15 is 0 Å². The van der Waals surface area contributed by atoms with Gasteiger partial charge in [0.25, 0.3) is 10.0 Å². The lowest BCUT2D eigenvalue weighted by Gasteiger charge is -2.16. The molecule has 0 fully saturated rings. The average Bonchev–Trinajstić information content (AvgIpc) is 3.09. The summed E-state index contributed by atoms with van der Waals surface area (Å²) in [5.41, 5.74) is 0.784. The monoisotopic (exact) mass is 346 g/mol. The molecule has 0 aromatic carbocycles. The highest BCUT2D eigenvalue weighted by Gasteiger charge is 2.28. The third-order valence-corrected chi connectivity index (χ3v) is 6.57. The first kappa shape index (κ1) is 16.1. The first-order valence-electron chi connectivity index (χ1n) is 6.18. The van der Waals surface area contributed by atoms with Crippen LogP contribution in [-0.4, -0.2) is 24.5 Å². The number of nitrogens with one attached hydrogen (secondary N) is 1. The Bertz CT molecular complexity index is 707. The van der Waals surface area contributed by atoms with E-state index in [-0.39, 0.29) is 10.3 Å². The molecule has 1 unspecified atom stereocenters. The van der Waals surface area contributed by atoms with E-state index in [2.05, 4.69) is 9.71 Å². The van der Waals surface area contributed by atoms with Crippen molar-refractivity contribution in [3.63, 3.8) is 0 Å². The predicted molar refractivity (Wildman–Crippen MR) is 81.4 cm³/mol. The number of hydrogen-bond acceptors (Lipinski definition) is 6. The maximum absolute atomic E-state index is 12.4. The third kappa shape index (κ3) is 3.67. The summed E-state index contributed by atoms with van der Waals surface area (Å²) in [6, 6.07) is 3.36. The lowest BCUT2D eigenvalue weighted by molar-refractivity contribution is 0.0687. The van der Waals surface area contributed by atoms with Gasteiger partial charge >= 0.3 is 5.97 Å². The summed E-state index contributed by atoms with van der Waals surface area (Å²) >= 11 is 2.27. The van der Waals surface area contributed by atoms with Crippen LogP contribution >= 0.6 is 22.7 Å². The zero-order valence-corrected chi connectivity index (χ0v) is 13.6. The quantitative estimate of drug-likeness (QED) is 0.803. The highest BCUT2D eigenvalue weighted by molar-refractivity contribution is 7.91. The second-order valence-electron chi connectivity index (χ2n) is 4.27. The molecule has 0 saturated heterocycles. The Kier molecular flexibility index (Phi) is 5.09. The normalized spacial score (nSPS) is 13.2. The van der Waals surface area contributed by atoms with E-state index in [1.165, 1.54) is 16.8 Å². The summed E-state index contributed by atoms with van der Waals surface area (Å²) in [5.74, 6) is -1.35. The number of sulfonamides is 1. The van der Waals surface area contributed by atoms with Gasteiger partial charge < -0.3 is 5.11 Å². The number of carboxylic acid groups (broad SMARTS) is 1. The van der Waals surface area contributed by atoms with Gasteiger partial charge in [-0.2, -0.15) is 0 Å². The molecule has 0 bridgehead atoms. The van der Waals surface area contributed by atoms with Crippen LogP contribution < -0.4 is 4.72 Å². The van der Waals surface area contributed by atoms with Gasteiger partial charge in [0.2, 0.25) is 0 Å². The summed E-state index contributed by atoms with van der Waals surface area (Å²) in [5, 5.41) is 10.9. The van der Waals surface area contributed by atoms with Crippen molar-refractivity contribution in [1.82, 2.24) is 9.71 Å². The van der Waals surface area contributed by atoms with E-state index in [4.69, 9.17) is 5.11 Å². The fourth-order valence-electron chi connectivity index (χ4n) is 1.85. The molecule has 2 aromatic rings. The molecule has 0 radical (unpaired) electrons. The van der Waals surface area contributed by atoms with Crippen LogP contribution in [0.4, 0.5) is 0 Å². The Labute approximate surface area is 130 Å². The third-order valence-electron chi connectivity index (χ3n) is 2.74. The molecule has 0 aliphatic rings. The standard InChI is InChI=1S/C12H14N2O4S3/c1-2-4-8(9-5-3-6-19-9)14-21(17,18)12-10(11(15)16)13-7-20-12/h3,5-8,14H,2,4H2,1H3,(H,15,16). The number of nitrogens with zero attached hydrogens (tertiary/aromatic N) is 1. The number of aromatic carboxylic acids is 1. The van der Waals surface area contributed by atoms with Crippen molar-refractivity contribution < 1.29 is 18.3 Å². The van der Waals surface area contributed by atoms with E-state index in [1.807, 2.05) is 24.4 Å². The van der Waals surface area contributed by atoms with E-state index < -0.39 is 21.7 Å². The fourth-order valence-corrected chi connectivity index (χ4v) is 5.14. The Morgan fingerprint density at radius 2 is 2.24 bits per heavy atom. The number of carbonyl (C=O) groups is 1. The maximum atomic E-state index is 12.4. The molecule has 114 valence electrons. The fraction of sp³-hybridized carbons (Fsp3) is 0.333. The van der Waals surface area contributed by atoms with Crippen LogP contribution in [0.3, 0.4) is 0 Å². The average molecular weight is 346 g/mol. The number of rotatable bonds is 7. The highest BCUT2D eigenvalue weighted by atomic mass is 32.2. The molecule has 9 heteroatoms. The largest absolute Gasteiger partial charge is 0.476 e. The summed E-state index contributed by atoms with van der Waals surface area (Å²) < 4.78 is 27.1. The molecule has 2 rings (SSSR count). The van der Waals surface area contributed by atoms with E-state index in [1.54, 1.807) is 0 Å². The van der Waals surface area contributed by atoms with Gasteiger partial charge in [-0.3, -0.25) is 0 Å². The lowest BCUT2D eigenvalue weighted by atomic mass is 10.1. The minimum Gasteiger partial charge on any atom is -0.476 e. The van der Waals surface area contributed by atoms with Crippen molar-refractivity contribution in [2.24, 2.45) is 0 Å². The van der Waals surface area contributed by atoms with E-state index in [9.17, 15) is 13.2 Å². The number of thiophene rings is 1. The molecule has 0 aliphatic carbocycles. The molecule has 6 nitrogen and oxygen atoms in total. The van der Waals surface area contributed by atoms with Gasteiger partial charge in [-0.25, -0.2) is 22.9 Å². The number of aromatic nitrogens is 1. The molecule has 2 aromatic heterocycles. The Morgan fingerprint density at radius 1 is 1.48 bits per heavy atom. The molecule has 0 spiro atoms. The van der Waals surface area contributed by atoms with Gasteiger partial charge in [-0.1, -0.05) is 19.4 Å². The van der Waals surface area contributed by atoms with Crippen molar-refractivity contribution in [1.29, 1.82) is 0 Å². The molecule has 2 N–H and O–H groups in total. The Morgan fingerprint density at radius 3 is 2.81 bits per heavy atom. The molecule has 1 atom stereocenters. The van der Waals surface area contributed by atoms with Gasteiger partial charge in [-0.15, -0.1) is 22.7 Å². The molecular weight excluding hydrogens is 332 g/mol. The zero-order chi connectivity index (χ0) is 15.5. The van der Waals surface area contributed by atoms with Gasteiger partial charge in [0.1, 0.15) is 0 Å². The van der Waals surface area contributed by atoms with Gasteiger partial charge in [0, 0.05) is 4.88 Å². The molecule has 0 aliphatic heterocycles. The molecule has 0 amide bonds. The first-order chi connectivity index (χ1) is 9.95. The smallest absolute Gasteiger partial charge is 0.356 e. The molecule has 21 heavy (non-hydrogen) atoms. The van der Waals surface area contributed by atoms with Crippen molar-refractivity contribution in [3.05, 3.63) is 33.6 Å². The molecular formula is C12H14N2O4S3. The van der Waals surface area contributed by atoms with Crippen molar-refractivity contribution in [2.75, 3.05) is 0 Å². The SMILES string of the molecule is CCCC(NS(=O)(=O)c1scnc1C(=O)O)c1cccs1. The second-order valence-corrected chi connectivity index (χ2v) is 8.01. The van der Waals surface area contributed by atoms with E-state index in [0.29, 0.717) is 6.42 Å². The Hall–Kier alpha value is -1.29. The van der Waals surface area contributed by atoms with Gasteiger partial charge in [0.05, 0.1) is 11.6 Å². The van der Waals surface area contributed by atoms with Crippen molar-refractivity contribution >= 4 is 38.7 Å². The van der Waals surface area contributed by atoms with Crippen molar-refractivity contribution in [2.45, 2.75) is 30.0 Å². The van der Waals surface area contributed by atoms with Gasteiger partial charge in [-0.05, 0) is 17.9 Å². The number of carboxylic acids is 1. The summed E-state index contributed by atoms with van der Waals surface area (Å²) in [7, 11) is -3.91. The van der Waals surface area contributed by atoms with Crippen LogP contribution in [0.1, 0.15) is 41.2 Å². The van der Waals surface area contributed by atoms with Crippen LogP contribution in [0.2, 0.25) is 0 Å². The van der Waals surface area contributed by atoms with Crippen LogP contribution in [-0.2, 0) is 10.0 Å². The summed E-state index contributed by atoms with van der Waals surface area (Å²) in [4.78, 5) is 15.5. The molecule has 2 heterocycles. The van der Waals surface area contributed by atoms with E-state index in [0.717, 1.165) is 22.6 Å². The number of hydrogen-bond donors (Lipinski definition) is 2. The molecule has 0 saturated carbocycles. The summed E-state index contributed by atoms with van der Waals surface area (Å²) in [6.07, 6.45) is 1.44. The highest BCUT2D eigenvalue weighted by Crippen LogP contribution is 2.27. The van der Waals surface area contributed by atoms with Crippen LogP contribution in [0.15, 0.2) is 27.2 Å². The summed E-state index contributed by atoms with van der Waals surface area (Å²) in [6.45, 7) is 1.96. The minimum atomic E-state index is -3.91. The van der Waals surface area contributed by atoms with Crippen LogP contribution in [0, 0.1) is 0 Å². The topological polar surface area (TPSA) is 96.4 Å². The zero-order valence-electron chi connectivity index (χ0n) is 11.1. The lowest BCUT2D eigenvalue weighted by Crippen LogP contribution is -2.28. The first-order valence-corrected chi connectivity index (χ1v) is 9.42. The van der Waals surface area contributed by atoms with Crippen LogP contribution in [0.25, 0.3) is 0 Å². The maximum Gasteiger partial charge on any atom is 0.356 e. The second kappa shape index (κ2) is 6.65.